The highest BCUT2D eigenvalue weighted by atomic mass is 16.1. The van der Waals surface area contributed by atoms with E-state index in [-0.39, 0.29) is 11.9 Å². The van der Waals surface area contributed by atoms with Gasteiger partial charge >= 0.3 is 0 Å². The van der Waals surface area contributed by atoms with E-state index in [1.54, 1.807) is 6.20 Å². The van der Waals surface area contributed by atoms with Gasteiger partial charge in [-0.15, -0.1) is 0 Å². The third-order valence-corrected chi connectivity index (χ3v) is 6.84. The number of carbonyl (C=O) groups excluding carboxylic acids is 1. The minimum absolute atomic E-state index is 0.0287. The Balaban J connectivity index is 1.45. The summed E-state index contributed by atoms with van der Waals surface area (Å²) in [6.45, 7) is 6.88. The van der Waals surface area contributed by atoms with Crippen LogP contribution >= 0.6 is 0 Å². The molecule has 0 saturated carbocycles. The Hall–Kier alpha value is -3.25. The maximum absolute atomic E-state index is 13.5. The summed E-state index contributed by atoms with van der Waals surface area (Å²) >= 11 is 0. The lowest BCUT2D eigenvalue weighted by Crippen LogP contribution is -2.47. The monoisotopic (exact) mass is 441 g/mol. The Morgan fingerprint density at radius 3 is 2.58 bits per heavy atom. The summed E-state index contributed by atoms with van der Waals surface area (Å²) in [7, 11) is 0. The number of benzene rings is 2. The molecule has 0 spiro atoms. The Morgan fingerprint density at radius 2 is 1.79 bits per heavy atom. The molecule has 0 bridgehead atoms. The molecule has 1 atom stereocenters. The molecule has 6 heteroatoms. The highest BCUT2D eigenvalue weighted by molar-refractivity contribution is 5.99. The average molecular weight is 442 g/mol. The van der Waals surface area contributed by atoms with Gasteiger partial charge in [-0.25, -0.2) is 9.97 Å². The number of nitrogens with zero attached hydrogens (tertiary/aromatic N) is 4. The first-order valence-corrected chi connectivity index (χ1v) is 12.0. The first-order chi connectivity index (χ1) is 16.2. The van der Waals surface area contributed by atoms with Crippen molar-refractivity contribution in [3.63, 3.8) is 0 Å². The van der Waals surface area contributed by atoms with E-state index in [1.165, 1.54) is 11.1 Å². The molecule has 2 heterocycles. The van der Waals surface area contributed by atoms with Crippen molar-refractivity contribution in [1.29, 1.82) is 0 Å². The normalized spacial score (nSPS) is 18.6. The van der Waals surface area contributed by atoms with Gasteiger partial charge in [0.25, 0.3) is 5.91 Å². The van der Waals surface area contributed by atoms with Crippen molar-refractivity contribution in [2.24, 2.45) is 0 Å². The molecule has 1 saturated heterocycles. The Morgan fingerprint density at radius 1 is 1.03 bits per heavy atom. The van der Waals surface area contributed by atoms with Gasteiger partial charge in [0, 0.05) is 37.9 Å². The molecule has 5 rings (SSSR count). The standard InChI is InChI=1S/C27H31N5O/c1-2-31-15-17-32(18-16-31)26-23(19-28-25(30-26)21-10-4-3-5-11-21)27(33)29-24-14-8-12-20-9-6-7-13-22(20)24/h3-7,9-11,13,19,24H,2,8,12,14-18H2,1H3,(H,29,33)/t24-/m0/s1. The van der Waals surface area contributed by atoms with Gasteiger partial charge in [0.2, 0.25) is 0 Å². The van der Waals surface area contributed by atoms with Crippen LogP contribution in [0.25, 0.3) is 11.4 Å². The van der Waals surface area contributed by atoms with Crippen LogP contribution < -0.4 is 10.2 Å². The van der Waals surface area contributed by atoms with E-state index >= 15 is 0 Å². The van der Waals surface area contributed by atoms with Crippen molar-refractivity contribution < 1.29 is 4.79 Å². The Kier molecular flexibility index (Phi) is 6.35. The van der Waals surface area contributed by atoms with Crippen molar-refractivity contribution in [1.82, 2.24) is 20.2 Å². The maximum atomic E-state index is 13.5. The molecule has 1 fully saturated rings. The molecule has 1 N–H and O–H groups in total. The van der Waals surface area contributed by atoms with Gasteiger partial charge in [-0.2, -0.15) is 0 Å². The summed E-state index contributed by atoms with van der Waals surface area (Å²) in [5.74, 6) is 1.30. The zero-order valence-electron chi connectivity index (χ0n) is 19.2. The third-order valence-electron chi connectivity index (χ3n) is 6.84. The SMILES string of the molecule is CCN1CCN(c2nc(-c3ccccc3)ncc2C(=O)N[C@H]2CCCc3ccccc32)CC1. The lowest BCUT2D eigenvalue weighted by atomic mass is 9.87. The van der Waals surface area contributed by atoms with Crippen LogP contribution in [0.3, 0.4) is 0 Å². The second kappa shape index (κ2) is 9.71. The number of carbonyl (C=O) groups is 1. The number of likely N-dealkylation sites (N-methyl/N-ethyl adjacent to an activating group) is 1. The molecule has 2 aliphatic rings. The van der Waals surface area contributed by atoms with E-state index in [2.05, 4.69) is 51.3 Å². The maximum Gasteiger partial charge on any atom is 0.257 e. The van der Waals surface area contributed by atoms with Gasteiger partial charge < -0.3 is 15.1 Å². The number of nitrogens with one attached hydrogen (secondary N) is 1. The summed E-state index contributed by atoms with van der Waals surface area (Å²) < 4.78 is 0. The number of amides is 1. The number of rotatable bonds is 5. The van der Waals surface area contributed by atoms with E-state index in [0.717, 1.165) is 63.4 Å². The lowest BCUT2D eigenvalue weighted by molar-refractivity contribution is 0.0932. The summed E-state index contributed by atoms with van der Waals surface area (Å²) in [4.78, 5) is 27.7. The van der Waals surface area contributed by atoms with Gasteiger partial charge in [0.15, 0.2) is 5.82 Å². The van der Waals surface area contributed by atoms with Gasteiger partial charge in [-0.05, 0) is 36.9 Å². The van der Waals surface area contributed by atoms with Crippen LogP contribution in [0.5, 0.6) is 0 Å². The highest BCUT2D eigenvalue weighted by Gasteiger charge is 2.27. The minimum Gasteiger partial charge on any atom is -0.353 e. The van der Waals surface area contributed by atoms with E-state index in [1.807, 2.05) is 30.3 Å². The Labute approximate surface area is 195 Å². The van der Waals surface area contributed by atoms with Crippen molar-refractivity contribution in [3.8, 4) is 11.4 Å². The van der Waals surface area contributed by atoms with Gasteiger partial charge in [0.1, 0.15) is 11.4 Å². The van der Waals surface area contributed by atoms with E-state index in [4.69, 9.17) is 4.98 Å². The van der Waals surface area contributed by atoms with Crippen LogP contribution in [-0.2, 0) is 6.42 Å². The van der Waals surface area contributed by atoms with Crippen molar-refractivity contribution in [2.75, 3.05) is 37.6 Å². The van der Waals surface area contributed by atoms with Crippen LogP contribution in [0.2, 0.25) is 0 Å². The molecule has 1 aliphatic heterocycles. The van der Waals surface area contributed by atoms with Crippen LogP contribution in [0.1, 0.15) is 47.3 Å². The average Bonchev–Trinajstić information content (AvgIpc) is 2.89. The van der Waals surface area contributed by atoms with Crippen molar-refractivity contribution in [3.05, 3.63) is 77.5 Å². The smallest absolute Gasteiger partial charge is 0.257 e. The third kappa shape index (κ3) is 4.62. The summed E-state index contributed by atoms with van der Waals surface area (Å²) in [5.41, 5.74) is 4.08. The Bertz CT molecular complexity index is 1110. The first kappa shape index (κ1) is 21.6. The van der Waals surface area contributed by atoms with Crippen molar-refractivity contribution in [2.45, 2.75) is 32.2 Å². The van der Waals surface area contributed by atoms with Gasteiger partial charge in [-0.1, -0.05) is 61.5 Å². The number of fused-ring (bicyclic) bond motifs is 1. The number of piperazine rings is 1. The molecule has 3 aromatic rings. The molecule has 0 unspecified atom stereocenters. The number of aromatic nitrogens is 2. The van der Waals surface area contributed by atoms with E-state index in [0.29, 0.717) is 11.4 Å². The van der Waals surface area contributed by atoms with Crippen LogP contribution in [-0.4, -0.2) is 53.5 Å². The number of aryl methyl sites for hydroxylation is 1. The quantitative estimate of drug-likeness (QED) is 0.646. The summed E-state index contributed by atoms with van der Waals surface area (Å²) in [5, 5.41) is 3.29. The molecule has 170 valence electrons. The zero-order chi connectivity index (χ0) is 22.6. The fourth-order valence-electron chi connectivity index (χ4n) is 4.92. The largest absolute Gasteiger partial charge is 0.353 e. The van der Waals surface area contributed by atoms with Crippen LogP contribution in [0.4, 0.5) is 5.82 Å². The molecule has 1 aliphatic carbocycles. The first-order valence-electron chi connectivity index (χ1n) is 12.0. The van der Waals surface area contributed by atoms with Gasteiger partial charge in [0.05, 0.1) is 6.04 Å². The van der Waals surface area contributed by atoms with Crippen molar-refractivity contribution >= 4 is 11.7 Å². The van der Waals surface area contributed by atoms with Crippen LogP contribution in [0, 0.1) is 0 Å². The fraction of sp³-hybridized carbons (Fsp3) is 0.370. The number of anilines is 1. The fourth-order valence-corrected chi connectivity index (χ4v) is 4.92. The molecule has 33 heavy (non-hydrogen) atoms. The van der Waals surface area contributed by atoms with Gasteiger partial charge in [-0.3, -0.25) is 4.79 Å². The zero-order valence-corrected chi connectivity index (χ0v) is 19.2. The summed E-state index contributed by atoms with van der Waals surface area (Å²) in [6, 6.07) is 18.4. The molecule has 0 radical (unpaired) electrons. The molecular weight excluding hydrogens is 410 g/mol. The molecular formula is C27H31N5O. The second-order valence-electron chi connectivity index (χ2n) is 8.84. The van der Waals surface area contributed by atoms with E-state index < -0.39 is 0 Å². The van der Waals surface area contributed by atoms with E-state index in [9.17, 15) is 4.79 Å². The molecule has 1 aromatic heterocycles. The molecule has 1 amide bonds. The highest BCUT2D eigenvalue weighted by Crippen LogP contribution is 2.31. The number of hydrogen-bond acceptors (Lipinski definition) is 5. The topological polar surface area (TPSA) is 61.4 Å². The predicted molar refractivity (Wildman–Crippen MR) is 131 cm³/mol. The summed E-state index contributed by atoms with van der Waals surface area (Å²) in [6.07, 6.45) is 4.82. The minimum atomic E-state index is -0.0933. The van der Waals surface area contributed by atoms with Crippen LogP contribution in [0.15, 0.2) is 60.8 Å². The second-order valence-corrected chi connectivity index (χ2v) is 8.84. The molecule has 6 nitrogen and oxygen atoms in total. The lowest BCUT2D eigenvalue weighted by Gasteiger charge is -2.35. The number of hydrogen-bond donors (Lipinski definition) is 1. The predicted octanol–water partition coefficient (Wildman–Crippen LogP) is 4.09. The molecule has 2 aromatic carbocycles.